The van der Waals surface area contributed by atoms with Crippen LogP contribution in [0.2, 0.25) is 0 Å². The summed E-state index contributed by atoms with van der Waals surface area (Å²) >= 11 is 0. The Bertz CT molecular complexity index is 567. The fraction of sp³-hybridized carbons (Fsp3) is 0.600. The number of nitrogens with zero attached hydrogens (tertiary/aromatic N) is 2. The summed E-state index contributed by atoms with van der Waals surface area (Å²) in [6.07, 6.45) is 2.72. The first kappa shape index (κ1) is 15.7. The average molecular weight is 294 g/mol. The van der Waals surface area contributed by atoms with E-state index in [-0.39, 0.29) is 5.56 Å². The van der Waals surface area contributed by atoms with Gasteiger partial charge in [0.2, 0.25) is 0 Å². The molecule has 1 aliphatic rings. The number of carbonyl (C=O) groups is 1. The molecule has 1 N–H and O–H groups in total. The molecule has 6 heteroatoms. The quantitative estimate of drug-likeness (QED) is 0.841. The minimum Gasteiger partial charge on any atom is -0.477 e. The van der Waals surface area contributed by atoms with Crippen LogP contribution in [0.25, 0.3) is 0 Å². The van der Waals surface area contributed by atoms with Gasteiger partial charge in [-0.1, -0.05) is 0 Å². The number of likely N-dealkylation sites (tertiary alicyclic amines) is 1. The molecule has 0 bridgehead atoms. The number of ether oxygens (including phenoxy) is 1. The van der Waals surface area contributed by atoms with Crippen molar-refractivity contribution in [2.75, 3.05) is 33.4 Å². The summed E-state index contributed by atoms with van der Waals surface area (Å²) in [4.78, 5) is 25.7. The Morgan fingerprint density at radius 1 is 1.52 bits per heavy atom. The summed E-state index contributed by atoms with van der Waals surface area (Å²) in [5.74, 6) is -0.774. The van der Waals surface area contributed by atoms with Gasteiger partial charge < -0.3 is 19.3 Å². The van der Waals surface area contributed by atoms with Crippen molar-refractivity contribution in [1.82, 2.24) is 9.47 Å². The first-order valence-electron chi connectivity index (χ1n) is 7.17. The molecule has 0 saturated carbocycles. The first-order chi connectivity index (χ1) is 10.0. The summed E-state index contributed by atoms with van der Waals surface area (Å²) in [5, 5.41) is 9.14. The lowest BCUT2D eigenvalue weighted by molar-refractivity contribution is 0.0693. The Labute approximate surface area is 123 Å². The van der Waals surface area contributed by atoms with Gasteiger partial charge in [-0.3, -0.25) is 4.79 Å². The number of methoxy groups -OCH3 is 1. The number of pyridine rings is 1. The van der Waals surface area contributed by atoms with Gasteiger partial charge in [0.15, 0.2) is 0 Å². The summed E-state index contributed by atoms with van der Waals surface area (Å²) in [6.45, 7) is 5.75. The van der Waals surface area contributed by atoms with Crippen molar-refractivity contribution in [1.29, 1.82) is 0 Å². The van der Waals surface area contributed by atoms with E-state index in [9.17, 15) is 9.59 Å². The van der Waals surface area contributed by atoms with Crippen molar-refractivity contribution >= 4 is 5.97 Å². The molecule has 1 aromatic heterocycles. The molecule has 1 atom stereocenters. The van der Waals surface area contributed by atoms with Gasteiger partial charge in [-0.25, -0.2) is 4.79 Å². The number of carboxylic acid groups (broad SMARTS) is 1. The number of aryl methyl sites for hydroxylation is 1. The summed E-state index contributed by atoms with van der Waals surface area (Å²) in [6, 6.07) is 1.70. The maximum atomic E-state index is 12.2. The number of hydrogen-bond donors (Lipinski definition) is 1. The van der Waals surface area contributed by atoms with E-state index >= 15 is 0 Å². The number of aromatic carboxylic acids is 1. The van der Waals surface area contributed by atoms with Crippen molar-refractivity contribution in [3.8, 4) is 0 Å². The topological polar surface area (TPSA) is 71.8 Å². The number of hydrogen-bond acceptors (Lipinski definition) is 4. The second kappa shape index (κ2) is 6.87. The molecule has 0 aliphatic carbocycles. The highest BCUT2D eigenvalue weighted by Crippen LogP contribution is 2.17. The van der Waals surface area contributed by atoms with Crippen LogP contribution < -0.4 is 5.56 Å². The third-order valence-electron chi connectivity index (χ3n) is 4.02. The molecule has 0 radical (unpaired) electrons. The van der Waals surface area contributed by atoms with Crippen LogP contribution in [-0.4, -0.2) is 53.9 Å². The summed E-state index contributed by atoms with van der Waals surface area (Å²) < 4.78 is 6.60. The highest BCUT2D eigenvalue weighted by atomic mass is 16.5. The van der Waals surface area contributed by atoms with E-state index < -0.39 is 11.5 Å². The van der Waals surface area contributed by atoms with Crippen molar-refractivity contribution in [3.63, 3.8) is 0 Å². The lowest BCUT2D eigenvalue weighted by Crippen LogP contribution is -2.31. The third kappa shape index (κ3) is 3.71. The molecule has 1 aromatic rings. The van der Waals surface area contributed by atoms with E-state index in [4.69, 9.17) is 9.84 Å². The van der Waals surface area contributed by atoms with E-state index in [0.717, 1.165) is 26.1 Å². The van der Waals surface area contributed by atoms with Crippen LogP contribution in [-0.2, 0) is 11.3 Å². The Balaban J connectivity index is 2.06. The summed E-state index contributed by atoms with van der Waals surface area (Å²) in [7, 11) is 1.69. The number of rotatable bonds is 6. The second-order valence-corrected chi connectivity index (χ2v) is 5.58. The van der Waals surface area contributed by atoms with E-state index in [1.54, 1.807) is 26.3 Å². The predicted molar refractivity (Wildman–Crippen MR) is 78.8 cm³/mol. The summed E-state index contributed by atoms with van der Waals surface area (Å²) in [5.41, 5.74) is -0.0125. The van der Waals surface area contributed by atoms with Crippen LogP contribution in [0.1, 0.15) is 22.3 Å². The van der Waals surface area contributed by atoms with Gasteiger partial charge in [-0.05, 0) is 37.4 Å². The van der Waals surface area contributed by atoms with Gasteiger partial charge in [0.05, 0.1) is 6.61 Å². The Kier molecular flexibility index (Phi) is 5.14. The fourth-order valence-corrected chi connectivity index (χ4v) is 2.83. The van der Waals surface area contributed by atoms with Crippen LogP contribution in [0, 0.1) is 12.8 Å². The van der Waals surface area contributed by atoms with E-state index in [0.29, 0.717) is 24.6 Å². The predicted octanol–water partition coefficient (Wildman–Crippen LogP) is 0.823. The Hall–Kier alpha value is -1.66. The first-order valence-corrected chi connectivity index (χ1v) is 7.17. The normalized spacial score (nSPS) is 19.0. The molecule has 0 aromatic carbocycles. The molecule has 2 heterocycles. The molecule has 116 valence electrons. The second-order valence-electron chi connectivity index (χ2n) is 5.58. The molecule has 0 spiro atoms. The third-order valence-corrected chi connectivity index (χ3v) is 4.02. The standard InChI is InChI=1S/C15H22N2O4/c1-11-3-6-17(14(18)13(11)15(19)20)10-12-4-5-16(9-12)7-8-21-2/h3,6,12H,4-5,7-10H2,1-2H3,(H,19,20). The Morgan fingerprint density at radius 3 is 2.95 bits per heavy atom. The van der Waals surface area contributed by atoms with Gasteiger partial charge in [-0.15, -0.1) is 0 Å². The smallest absolute Gasteiger partial charge is 0.341 e. The molecule has 6 nitrogen and oxygen atoms in total. The number of carboxylic acids is 1. The average Bonchev–Trinajstić information content (AvgIpc) is 2.87. The van der Waals surface area contributed by atoms with Crippen molar-refractivity contribution in [3.05, 3.63) is 33.7 Å². The molecule has 1 unspecified atom stereocenters. The van der Waals surface area contributed by atoms with Gasteiger partial charge in [0.1, 0.15) is 5.56 Å². The fourth-order valence-electron chi connectivity index (χ4n) is 2.83. The maximum Gasteiger partial charge on any atom is 0.341 e. The zero-order valence-electron chi connectivity index (χ0n) is 12.5. The van der Waals surface area contributed by atoms with E-state index in [1.807, 2.05) is 0 Å². The molecule has 0 amide bonds. The highest BCUT2D eigenvalue weighted by Gasteiger charge is 2.23. The molecule has 1 aliphatic heterocycles. The molecular formula is C15H22N2O4. The highest BCUT2D eigenvalue weighted by molar-refractivity contribution is 5.88. The Morgan fingerprint density at radius 2 is 2.29 bits per heavy atom. The van der Waals surface area contributed by atoms with Crippen LogP contribution in [0.5, 0.6) is 0 Å². The van der Waals surface area contributed by atoms with Gasteiger partial charge >= 0.3 is 5.97 Å². The van der Waals surface area contributed by atoms with Crippen LogP contribution >= 0.6 is 0 Å². The lowest BCUT2D eigenvalue weighted by Gasteiger charge is -2.16. The minimum atomic E-state index is -1.15. The zero-order chi connectivity index (χ0) is 15.4. The van der Waals surface area contributed by atoms with E-state index in [1.165, 1.54) is 4.57 Å². The SMILES string of the molecule is COCCN1CCC(Cn2ccc(C)c(C(=O)O)c2=O)C1. The van der Waals surface area contributed by atoms with E-state index in [2.05, 4.69) is 4.90 Å². The molecule has 2 rings (SSSR count). The van der Waals surface area contributed by atoms with Crippen molar-refractivity contribution in [2.45, 2.75) is 19.9 Å². The van der Waals surface area contributed by atoms with Gasteiger partial charge in [0, 0.05) is 32.9 Å². The maximum absolute atomic E-state index is 12.2. The van der Waals surface area contributed by atoms with Crippen molar-refractivity contribution < 1.29 is 14.6 Å². The molecular weight excluding hydrogens is 272 g/mol. The van der Waals surface area contributed by atoms with Crippen molar-refractivity contribution in [2.24, 2.45) is 5.92 Å². The molecule has 21 heavy (non-hydrogen) atoms. The molecule has 1 saturated heterocycles. The minimum absolute atomic E-state index is 0.119. The monoisotopic (exact) mass is 294 g/mol. The number of aromatic nitrogens is 1. The zero-order valence-corrected chi connectivity index (χ0v) is 12.5. The lowest BCUT2D eigenvalue weighted by atomic mass is 10.1. The van der Waals surface area contributed by atoms with Gasteiger partial charge in [-0.2, -0.15) is 0 Å². The molecule has 1 fully saturated rings. The van der Waals surface area contributed by atoms with Crippen LogP contribution in [0.3, 0.4) is 0 Å². The van der Waals surface area contributed by atoms with Crippen LogP contribution in [0.4, 0.5) is 0 Å². The van der Waals surface area contributed by atoms with Gasteiger partial charge in [0.25, 0.3) is 5.56 Å². The largest absolute Gasteiger partial charge is 0.477 e. The van der Waals surface area contributed by atoms with Crippen LogP contribution in [0.15, 0.2) is 17.1 Å².